The van der Waals surface area contributed by atoms with Crippen molar-refractivity contribution < 1.29 is 9.36 Å². The average molecular weight is 168 g/mol. The minimum Gasteiger partial charge on any atom is -0.382 e. The first kappa shape index (κ1) is 7.61. The molecule has 0 bridgehead atoms. The molecule has 12 heavy (non-hydrogen) atoms. The van der Waals surface area contributed by atoms with Gasteiger partial charge in [-0.05, 0) is 18.0 Å². The van der Waals surface area contributed by atoms with Crippen LogP contribution in [-0.2, 0) is 0 Å². The van der Waals surface area contributed by atoms with Crippen molar-refractivity contribution in [3.05, 3.63) is 12.3 Å². The Morgan fingerprint density at radius 3 is 2.83 bits per heavy atom. The van der Waals surface area contributed by atoms with Crippen molar-refractivity contribution in [3.63, 3.8) is 0 Å². The van der Waals surface area contributed by atoms with E-state index in [1.54, 1.807) is 6.07 Å². The van der Waals surface area contributed by atoms with Crippen LogP contribution in [0.25, 0.3) is 0 Å². The van der Waals surface area contributed by atoms with Gasteiger partial charge in [0.2, 0.25) is 0 Å². The molecule has 2 rings (SSSR count). The standard InChI is InChI=1S/C8H12N2O2/c1-2-5-10(6-3-1)12-8-4-7-11-9-8/h4,7H,1-3,5-6H2. The average Bonchev–Trinajstić information content (AvgIpc) is 2.59. The van der Waals surface area contributed by atoms with E-state index in [4.69, 9.17) is 4.84 Å². The summed E-state index contributed by atoms with van der Waals surface area (Å²) < 4.78 is 4.65. The van der Waals surface area contributed by atoms with E-state index in [-0.39, 0.29) is 0 Å². The molecule has 1 aromatic rings. The van der Waals surface area contributed by atoms with E-state index >= 15 is 0 Å². The van der Waals surface area contributed by atoms with Crippen LogP contribution >= 0.6 is 0 Å². The van der Waals surface area contributed by atoms with Gasteiger partial charge in [0.15, 0.2) is 0 Å². The van der Waals surface area contributed by atoms with Crippen LogP contribution in [0, 0.1) is 0 Å². The molecular weight excluding hydrogens is 156 g/mol. The molecule has 1 aliphatic rings. The summed E-state index contributed by atoms with van der Waals surface area (Å²) in [6.07, 6.45) is 5.23. The van der Waals surface area contributed by atoms with Gasteiger partial charge in [0.25, 0.3) is 5.88 Å². The second kappa shape index (κ2) is 3.58. The minimum absolute atomic E-state index is 0.553. The molecule has 2 heterocycles. The van der Waals surface area contributed by atoms with Crippen molar-refractivity contribution in [2.75, 3.05) is 13.1 Å². The van der Waals surface area contributed by atoms with Gasteiger partial charge in [-0.3, -0.25) is 0 Å². The third-order valence-electron chi connectivity index (χ3n) is 1.95. The van der Waals surface area contributed by atoms with Gasteiger partial charge in [-0.25, -0.2) is 0 Å². The molecule has 0 unspecified atom stereocenters. The van der Waals surface area contributed by atoms with E-state index in [2.05, 4.69) is 9.68 Å². The van der Waals surface area contributed by atoms with E-state index in [1.807, 2.05) is 5.06 Å². The summed E-state index contributed by atoms with van der Waals surface area (Å²) in [7, 11) is 0. The van der Waals surface area contributed by atoms with Crippen molar-refractivity contribution in [2.45, 2.75) is 19.3 Å². The van der Waals surface area contributed by atoms with Gasteiger partial charge < -0.3 is 9.36 Å². The molecule has 1 aliphatic heterocycles. The van der Waals surface area contributed by atoms with E-state index in [0.29, 0.717) is 5.88 Å². The maximum atomic E-state index is 5.42. The summed E-state index contributed by atoms with van der Waals surface area (Å²) in [6, 6.07) is 1.72. The molecule has 4 nitrogen and oxygen atoms in total. The Labute approximate surface area is 71.0 Å². The predicted molar refractivity (Wildman–Crippen MR) is 42.6 cm³/mol. The van der Waals surface area contributed by atoms with Crippen LogP contribution < -0.4 is 4.84 Å². The highest BCUT2D eigenvalue weighted by Crippen LogP contribution is 2.12. The lowest BCUT2D eigenvalue weighted by Crippen LogP contribution is -2.32. The van der Waals surface area contributed by atoms with Gasteiger partial charge in [-0.15, -0.1) is 5.06 Å². The van der Waals surface area contributed by atoms with E-state index in [0.717, 1.165) is 13.1 Å². The van der Waals surface area contributed by atoms with E-state index in [9.17, 15) is 0 Å². The van der Waals surface area contributed by atoms with E-state index < -0.39 is 0 Å². The van der Waals surface area contributed by atoms with Crippen LogP contribution in [-0.4, -0.2) is 23.3 Å². The lowest BCUT2D eigenvalue weighted by atomic mass is 10.2. The van der Waals surface area contributed by atoms with Crippen molar-refractivity contribution >= 4 is 0 Å². The Morgan fingerprint density at radius 2 is 2.17 bits per heavy atom. The molecule has 0 amide bonds. The van der Waals surface area contributed by atoms with Gasteiger partial charge in [0.05, 0.1) is 0 Å². The molecule has 1 aromatic heterocycles. The summed E-state index contributed by atoms with van der Waals surface area (Å²) in [5, 5.41) is 5.60. The Hall–Kier alpha value is -1.03. The fourth-order valence-electron chi connectivity index (χ4n) is 1.34. The fourth-order valence-corrected chi connectivity index (χ4v) is 1.34. The molecule has 66 valence electrons. The highest BCUT2D eigenvalue weighted by Gasteiger charge is 2.12. The lowest BCUT2D eigenvalue weighted by Gasteiger charge is -2.24. The lowest BCUT2D eigenvalue weighted by molar-refractivity contribution is -0.0777. The normalized spacial score (nSPS) is 19.3. The van der Waals surface area contributed by atoms with Gasteiger partial charge in [0, 0.05) is 19.2 Å². The first-order valence-corrected chi connectivity index (χ1v) is 4.28. The quantitative estimate of drug-likeness (QED) is 0.670. The topological polar surface area (TPSA) is 38.5 Å². The van der Waals surface area contributed by atoms with Gasteiger partial charge in [-0.1, -0.05) is 6.42 Å². The first-order valence-electron chi connectivity index (χ1n) is 4.28. The summed E-state index contributed by atoms with van der Waals surface area (Å²) in [5.74, 6) is 0.553. The third-order valence-corrected chi connectivity index (χ3v) is 1.95. The number of hydrogen-bond acceptors (Lipinski definition) is 4. The van der Waals surface area contributed by atoms with Crippen molar-refractivity contribution in [1.29, 1.82) is 0 Å². The van der Waals surface area contributed by atoms with Crippen LogP contribution in [0.4, 0.5) is 0 Å². The predicted octanol–water partition coefficient (Wildman–Crippen LogP) is 1.45. The maximum Gasteiger partial charge on any atom is 0.277 e. The zero-order valence-electron chi connectivity index (χ0n) is 6.90. The van der Waals surface area contributed by atoms with Crippen LogP contribution in [0.3, 0.4) is 0 Å². The van der Waals surface area contributed by atoms with Gasteiger partial charge in [0.1, 0.15) is 6.26 Å². The summed E-state index contributed by atoms with van der Waals surface area (Å²) in [5.41, 5.74) is 0. The minimum atomic E-state index is 0.553. The smallest absolute Gasteiger partial charge is 0.277 e. The maximum absolute atomic E-state index is 5.42. The molecule has 0 saturated carbocycles. The second-order valence-electron chi connectivity index (χ2n) is 2.92. The Morgan fingerprint density at radius 1 is 1.33 bits per heavy atom. The molecule has 0 N–H and O–H groups in total. The Bertz CT molecular complexity index is 217. The Kier molecular flexibility index (Phi) is 2.27. The summed E-state index contributed by atoms with van der Waals surface area (Å²) >= 11 is 0. The number of aromatic nitrogens is 1. The van der Waals surface area contributed by atoms with Gasteiger partial charge in [-0.2, -0.15) is 0 Å². The Balaban J connectivity index is 1.86. The molecule has 1 saturated heterocycles. The number of nitrogens with zero attached hydrogens (tertiary/aromatic N) is 2. The monoisotopic (exact) mass is 168 g/mol. The fraction of sp³-hybridized carbons (Fsp3) is 0.625. The van der Waals surface area contributed by atoms with Crippen molar-refractivity contribution in [1.82, 2.24) is 10.2 Å². The second-order valence-corrected chi connectivity index (χ2v) is 2.92. The van der Waals surface area contributed by atoms with Crippen molar-refractivity contribution in [3.8, 4) is 5.88 Å². The first-order chi connectivity index (χ1) is 5.95. The third kappa shape index (κ3) is 1.76. The van der Waals surface area contributed by atoms with Crippen molar-refractivity contribution in [2.24, 2.45) is 0 Å². The molecule has 0 radical (unpaired) electrons. The highest BCUT2D eigenvalue weighted by atomic mass is 16.7. The summed E-state index contributed by atoms with van der Waals surface area (Å²) in [4.78, 5) is 5.42. The zero-order chi connectivity index (χ0) is 8.23. The summed E-state index contributed by atoms with van der Waals surface area (Å²) in [6.45, 7) is 1.99. The zero-order valence-corrected chi connectivity index (χ0v) is 6.90. The van der Waals surface area contributed by atoms with Crippen LogP contribution in [0.15, 0.2) is 16.9 Å². The number of rotatable bonds is 2. The largest absolute Gasteiger partial charge is 0.382 e. The highest BCUT2D eigenvalue weighted by molar-refractivity contribution is 5.01. The molecule has 4 heteroatoms. The number of hydroxylamine groups is 2. The van der Waals surface area contributed by atoms with Gasteiger partial charge >= 0.3 is 0 Å². The molecule has 0 atom stereocenters. The van der Waals surface area contributed by atoms with Crippen LogP contribution in [0.2, 0.25) is 0 Å². The van der Waals surface area contributed by atoms with Crippen LogP contribution in [0.5, 0.6) is 5.88 Å². The number of piperidine rings is 1. The molecular formula is C8H12N2O2. The SMILES string of the molecule is c1cc(ON2CCCCC2)no1. The molecule has 0 aromatic carbocycles. The van der Waals surface area contributed by atoms with E-state index in [1.165, 1.54) is 25.5 Å². The molecule has 0 aliphatic carbocycles. The number of hydrogen-bond donors (Lipinski definition) is 0. The molecule has 1 fully saturated rings. The molecule has 0 spiro atoms. The van der Waals surface area contributed by atoms with Crippen LogP contribution in [0.1, 0.15) is 19.3 Å².